The Bertz CT molecular complexity index is 516. The van der Waals surface area contributed by atoms with Crippen LogP contribution in [0, 0.1) is 5.82 Å². The van der Waals surface area contributed by atoms with Crippen molar-refractivity contribution in [2.75, 3.05) is 7.05 Å². The number of nitrogens with one attached hydrogen (secondary N) is 1. The second-order valence-corrected chi connectivity index (χ2v) is 4.11. The Morgan fingerprint density at radius 1 is 1.35 bits per heavy atom. The van der Waals surface area contributed by atoms with Crippen molar-refractivity contribution in [3.63, 3.8) is 0 Å². The Labute approximate surface area is 104 Å². The third-order valence-corrected chi connectivity index (χ3v) is 2.82. The van der Waals surface area contributed by atoms with Crippen LogP contribution >= 0.6 is 11.6 Å². The van der Waals surface area contributed by atoms with E-state index in [0.717, 1.165) is 5.56 Å². The number of rotatable bonds is 3. The van der Waals surface area contributed by atoms with Crippen LogP contribution in [0.15, 0.2) is 42.7 Å². The van der Waals surface area contributed by atoms with Crippen molar-refractivity contribution in [1.82, 2.24) is 10.3 Å². The average molecular weight is 251 g/mol. The zero-order chi connectivity index (χ0) is 12.3. The Morgan fingerprint density at radius 2 is 2.18 bits per heavy atom. The molecule has 1 N–H and O–H groups in total. The van der Waals surface area contributed by atoms with Crippen molar-refractivity contribution in [3.8, 4) is 0 Å². The fraction of sp³-hybridized carbons (Fsp3) is 0.154. The highest BCUT2D eigenvalue weighted by Crippen LogP contribution is 2.25. The quantitative estimate of drug-likeness (QED) is 0.905. The molecule has 4 heteroatoms. The van der Waals surface area contributed by atoms with Gasteiger partial charge in [0, 0.05) is 16.8 Å². The lowest BCUT2D eigenvalue weighted by Crippen LogP contribution is -2.19. The molecular formula is C13H12ClFN2. The monoisotopic (exact) mass is 250 g/mol. The standard InChI is InChI=1S/C13H12ClFN2/c1-16-13(9-3-2-4-10(14)7-9)11-5-6-17-8-12(11)15/h2-8,13,16H,1H3. The molecule has 2 nitrogen and oxygen atoms in total. The summed E-state index contributed by atoms with van der Waals surface area (Å²) in [4.78, 5) is 3.74. The van der Waals surface area contributed by atoms with Crippen LogP contribution in [0.3, 0.4) is 0 Å². The van der Waals surface area contributed by atoms with E-state index in [2.05, 4.69) is 10.3 Å². The van der Waals surface area contributed by atoms with Crippen molar-refractivity contribution in [3.05, 3.63) is 64.7 Å². The number of benzene rings is 1. The molecule has 0 saturated heterocycles. The first-order valence-electron chi connectivity index (χ1n) is 5.24. The zero-order valence-corrected chi connectivity index (χ0v) is 10.1. The summed E-state index contributed by atoms with van der Waals surface area (Å²) in [7, 11) is 1.78. The third-order valence-electron chi connectivity index (χ3n) is 2.59. The van der Waals surface area contributed by atoms with Gasteiger partial charge >= 0.3 is 0 Å². The predicted molar refractivity (Wildman–Crippen MR) is 66.5 cm³/mol. The summed E-state index contributed by atoms with van der Waals surface area (Å²) >= 11 is 5.94. The van der Waals surface area contributed by atoms with E-state index in [9.17, 15) is 4.39 Å². The lowest BCUT2D eigenvalue weighted by molar-refractivity contribution is 0.571. The molecule has 1 heterocycles. The van der Waals surface area contributed by atoms with Gasteiger partial charge in [-0.25, -0.2) is 4.39 Å². The van der Waals surface area contributed by atoms with E-state index >= 15 is 0 Å². The predicted octanol–water partition coefficient (Wildman–Crippen LogP) is 3.18. The Hall–Kier alpha value is -1.45. The fourth-order valence-corrected chi connectivity index (χ4v) is 2.01. The van der Waals surface area contributed by atoms with Crippen molar-refractivity contribution in [1.29, 1.82) is 0 Å². The van der Waals surface area contributed by atoms with Crippen LogP contribution in [0.1, 0.15) is 17.2 Å². The minimum Gasteiger partial charge on any atom is -0.309 e. The van der Waals surface area contributed by atoms with E-state index in [1.165, 1.54) is 6.20 Å². The summed E-state index contributed by atoms with van der Waals surface area (Å²) in [5.74, 6) is -0.327. The van der Waals surface area contributed by atoms with Gasteiger partial charge in [-0.1, -0.05) is 23.7 Å². The number of pyridine rings is 1. The van der Waals surface area contributed by atoms with Gasteiger partial charge in [0.2, 0.25) is 0 Å². The first kappa shape index (κ1) is 12.0. The molecule has 1 unspecified atom stereocenters. The number of hydrogen-bond acceptors (Lipinski definition) is 2. The zero-order valence-electron chi connectivity index (χ0n) is 9.32. The molecule has 0 aliphatic heterocycles. The highest BCUT2D eigenvalue weighted by Gasteiger charge is 2.15. The van der Waals surface area contributed by atoms with Crippen LogP contribution in [0.25, 0.3) is 0 Å². The van der Waals surface area contributed by atoms with Gasteiger partial charge in [0.05, 0.1) is 12.2 Å². The lowest BCUT2D eigenvalue weighted by atomic mass is 9.99. The SMILES string of the molecule is CNC(c1cccc(Cl)c1)c1ccncc1F. The average Bonchev–Trinajstić information content (AvgIpc) is 2.33. The van der Waals surface area contributed by atoms with Gasteiger partial charge in [-0.2, -0.15) is 0 Å². The van der Waals surface area contributed by atoms with E-state index in [4.69, 9.17) is 11.6 Å². The van der Waals surface area contributed by atoms with Gasteiger partial charge in [0.15, 0.2) is 0 Å². The summed E-state index contributed by atoms with van der Waals surface area (Å²) in [5, 5.41) is 3.71. The molecule has 0 spiro atoms. The van der Waals surface area contributed by atoms with Crippen molar-refractivity contribution in [2.24, 2.45) is 0 Å². The normalized spacial score (nSPS) is 12.4. The fourth-order valence-electron chi connectivity index (χ4n) is 1.81. The number of halogens is 2. The Balaban J connectivity index is 2.44. The molecule has 2 aromatic rings. The maximum atomic E-state index is 13.7. The summed E-state index contributed by atoms with van der Waals surface area (Å²) in [6, 6.07) is 8.81. The van der Waals surface area contributed by atoms with Crippen molar-refractivity contribution >= 4 is 11.6 Å². The van der Waals surface area contributed by atoms with E-state index in [1.54, 1.807) is 25.4 Å². The highest BCUT2D eigenvalue weighted by molar-refractivity contribution is 6.30. The van der Waals surface area contributed by atoms with E-state index < -0.39 is 0 Å². The molecule has 1 aromatic heterocycles. The second-order valence-electron chi connectivity index (χ2n) is 3.67. The topological polar surface area (TPSA) is 24.9 Å². The van der Waals surface area contributed by atoms with Crippen molar-refractivity contribution in [2.45, 2.75) is 6.04 Å². The smallest absolute Gasteiger partial charge is 0.146 e. The largest absolute Gasteiger partial charge is 0.309 e. The molecule has 88 valence electrons. The molecular weight excluding hydrogens is 239 g/mol. The molecule has 1 atom stereocenters. The van der Waals surface area contributed by atoms with Crippen LogP contribution in [-0.4, -0.2) is 12.0 Å². The number of aromatic nitrogens is 1. The number of nitrogens with zero attached hydrogens (tertiary/aromatic N) is 1. The molecule has 0 bridgehead atoms. The minimum atomic E-state index is -0.327. The summed E-state index contributed by atoms with van der Waals surface area (Å²) in [5.41, 5.74) is 1.48. The molecule has 0 radical (unpaired) electrons. The molecule has 0 fully saturated rings. The van der Waals surface area contributed by atoms with Gasteiger partial charge in [-0.15, -0.1) is 0 Å². The maximum absolute atomic E-state index is 13.7. The molecule has 0 amide bonds. The molecule has 2 rings (SSSR count). The van der Waals surface area contributed by atoms with Gasteiger partial charge < -0.3 is 5.32 Å². The van der Waals surface area contributed by atoms with Crippen LogP contribution < -0.4 is 5.32 Å². The molecule has 0 saturated carbocycles. The second kappa shape index (κ2) is 5.25. The molecule has 0 aliphatic carbocycles. The molecule has 0 aliphatic rings. The van der Waals surface area contributed by atoms with Gasteiger partial charge in [-0.05, 0) is 30.8 Å². The minimum absolute atomic E-state index is 0.225. The van der Waals surface area contributed by atoms with Gasteiger partial charge in [-0.3, -0.25) is 4.98 Å². The summed E-state index contributed by atoms with van der Waals surface area (Å²) in [6.07, 6.45) is 2.79. The Kier molecular flexibility index (Phi) is 3.71. The number of hydrogen-bond donors (Lipinski definition) is 1. The van der Waals surface area contributed by atoms with E-state index in [0.29, 0.717) is 10.6 Å². The Morgan fingerprint density at radius 3 is 2.82 bits per heavy atom. The van der Waals surface area contributed by atoms with E-state index in [1.807, 2.05) is 18.2 Å². The van der Waals surface area contributed by atoms with E-state index in [-0.39, 0.29) is 11.9 Å². The first-order chi connectivity index (χ1) is 8.22. The van der Waals surface area contributed by atoms with Crippen LogP contribution in [0.5, 0.6) is 0 Å². The third kappa shape index (κ3) is 2.62. The molecule has 1 aromatic carbocycles. The highest BCUT2D eigenvalue weighted by atomic mass is 35.5. The maximum Gasteiger partial charge on any atom is 0.146 e. The first-order valence-corrected chi connectivity index (χ1v) is 5.62. The van der Waals surface area contributed by atoms with Gasteiger partial charge in [0.25, 0.3) is 0 Å². The molecule has 17 heavy (non-hydrogen) atoms. The van der Waals surface area contributed by atoms with Crippen LogP contribution in [0.4, 0.5) is 4.39 Å². The van der Waals surface area contributed by atoms with Crippen molar-refractivity contribution < 1.29 is 4.39 Å². The van der Waals surface area contributed by atoms with Crippen LogP contribution in [0.2, 0.25) is 5.02 Å². The summed E-state index contributed by atoms with van der Waals surface area (Å²) < 4.78 is 13.7. The summed E-state index contributed by atoms with van der Waals surface area (Å²) in [6.45, 7) is 0. The van der Waals surface area contributed by atoms with Gasteiger partial charge in [0.1, 0.15) is 5.82 Å². The lowest BCUT2D eigenvalue weighted by Gasteiger charge is -2.17. The van der Waals surface area contributed by atoms with Crippen LogP contribution in [-0.2, 0) is 0 Å².